The van der Waals surface area contributed by atoms with Crippen molar-refractivity contribution < 1.29 is 9.66 Å². The van der Waals surface area contributed by atoms with Gasteiger partial charge in [-0.3, -0.25) is 10.1 Å². The van der Waals surface area contributed by atoms with Crippen LogP contribution in [0.4, 0.5) is 5.69 Å². The van der Waals surface area contributed by atoms with Crippen molar-refractivity contribution in [2.24, 2.45) is 0 Å². The summed E-state index contributed by atoms with van der Waals surface area (Å²) in [6.45, 7) is 3.65. The second-order valence-electron chi connectivity index (χ2n) is 5.27. The molecule has 5 heteroatoms. The van der Waals surface area contributed by atoms with Crippen molar-refractivity contribution in [3.63, 3.8) is 0 Å². The molecule has 5 nitrogen and oxygen atoms in total. The highest BCUT2D eigenvalue weighted by Gasteiger charge is 2.18. The lowest BCUT2D eigenvalue weighted by molar-refractivity contribution is -0.385. The maximum Gasteiger partial charge on any atom is 0.274 e. The summed E-state index contributed by atoms with van der Waals surface area (Å²) >= 11 is 0. The lowest BCUT2D eigenvalue weighted by atomic mass is 10.0. The van der Waals surface area contributed by atoms with Crippen molar-refractivity contribution in [1.82, 2.24) is 5.32 Å². The van der Waals surface area contributed by atoms with Crippen LogP contribution in [0, 0.1) is 10.1 Å². The Bertz CT molecular complexity index is 444. The van der Waals surface area contributed by atoms with Gasteiger partial charge in [-0.2, -0.15) is 0 Å². The Morgan fingerprint density at radius 3 is 2.95 bits per heavy atom. The first-order valence-electron chi connectivity index (χ1n) is 7.27. The standard InChI is InChI=1S/C15H22N2O3/c1-12(14-7-2-3-8-15(14)17(18)19)16-10-9-13-6-4-5-11-20-13/h2-3,7-8,12-13,16H,4-6,9-11H2,1H3. The average Bonchev–Trinajstić information content (AvgIpc) is 2.48. The summed E-state index contributed by atoms with van der Waals surface area (Å²) in [7, 11) is 0. The highest BCUT2D eigenvalue weighted by Crippen LogP contribution is 2.24. The molecule has 2 rings (SSSR count). The van der Waals surface area contributed by atoms with Gasteiger partial charge in [-0.05, 0) is 39.2 Å². The topological polar surface area (TPSA) is 64.4 Å². The Labute approximate surface area is 119 Å². The van der Waals surface area contributed by atoms with Gasteiger partial charge in [-0.25, -0.2) is 0 Å². The van der Waals surface area contributed by atoms with Crippen molar-refractivity contribution in [3.8, 4) is 0 Å². The molecule has 20 heavy (non-hydrogen) atoms. The third kappa shape index (κ3) is 4.02. The predicted octanol–water partition coefficient (Wildman–Crippen LogP) is 3.20. The molecule has 1 fully saturated rings. The van der Waals surface area contributed by atoms with E-state index in [-0.39, 0.29) is 16.7 Å². The normalized spacial score (nSPS) is 20.6. The Balaban J connectivity index is 1.85. The summed E-state index contributed by atoms with van der Waals surface area (Å²) in [5.41, 5.74) is 0.920. The van der Waals surface area contributed by atoms with Gasteiger partial charge in [0.15, 0.2) is 0 Å². The summed E-state index contributed by atoms with van der Waals surface area (Å²) in [6.07, 6.45) is 4.84. The lowest BCUT2D eigenvalue weighted by Crippen LogP contribution is -2.27. The van der Waals surface area contributed by atoms with Gasteiger partial charge in [-0.1, -0.05) is 18.2 Å². The second-order valence-corrected chi connectivity index (χ2v) is 5.27. The minimum Gasteiger partial charge on any atom is -0.378 e. The van der Waals surface area contributed by atoms with Gasteiger partial charge in [0.1, 0.15) is 0 Å². The Morgan fingerprint density at radius 2 is 2.25 bits per heavy atom. The van der Waals surface area contributed by atoms with Gasteiger partial charge in [0.2, 0.25) is 0 Å². The molecule has 0 aliphatic carbocycles. The fourth-order valence-corrected chi connectivity index (χ4v) is 2.63. The molecule has 0 aromatic heterocycles. The third-order valence-electron chi connectivity index (χ3n) is 3.79. The number of hydrogen-bond acceptors (Lipinski definition) is 4. The number of nitrogens with one attached hydrogen (secondary N) is 1. The van der Waals surface area contributed by atoms with Gasteiger partial charge in [0.05, 0.1) is 11.0 Å². The lowest BCUT2D eigenvalue weighted by Gasteiger charge is -2.23. The van der Waals surface area contributed by atoms with E-state index >= 15 is 0 Å². The van der Waals surface area contributed by atoms with Crippen LogP contribution in [0.25, 0.3) is 0 Å². The summed E-state index contributed by atoms with van der Waals surface area (Å²) < 4.78 is 5.68. The van der Waals surface area contributed by atoms with Crippen LogP contribution in [-0.2, 0) is 4.74 Å². The predicted molar refractivity (Wildman–Crippen MR) is 77.7 cm³/mol. The molecule has 0 saturated carbocycles. The van der Waals surface area contributed by atoms with Crippen molar-refractivity contribution in [3.05, 3.63) is 39.9 Å². The SMILES string of the molecule is CC(NCCC1CCCCO1)c1ccccc1[N+](=O)[O-]. The first-order valence-corrected chi connectivity index (χ1v) is 7.27. The van der Waals surface area contributed by atoms with E-state index in [1.165, 1.54) is 6.42 Å². The zero-order valence-electron chi connectivity index (χ0n) is 11.9. The molecule has 0 bridgehead atoms. The van der Waals surface area contributed by atoms with E-state index < -0.39 is 0 Å². The van der Waals surface area contributed by atoms with Crippen LogP contribution < -0.4 is 5.32 Å². The van der Waals surface area contributed by atoms with E-state index in [0.717, 1.165) is 38.0 Å². The van der Waals surface area contributed by atoms with Gasteiger partial charge in [0.25, 0.3) is 5.69 Å². The largest absolute Gasteiger partial charge is 0.378 e. The molecular formula is C15H22N2O3. The number of nitro benzene ring substituents is 1. The van der Waals surface area contributed by atoms with Crippen LogP contribution in [0.1, 0.15) is 44.2 Å². The van der Waals surface area contributed by atoms with E-state index in [2.05, 4.69) is 5.32 Å². The summed E-state index contributed by atoms with van der Waals surface area (Å²) in [4.78, 5) is 10.7. The van der Waals surface area contributed by atoms with E-state index in [0.29, 0.717) is 6.10 Å². The van der Waals surface area contributed by atoms with Crippen LogP contribution in [0.2, 0.25) is 0 Å². The molecule has 2 unspecified atom stereocenters. The second kappa shape index (κ2) is 7.36. The molecule has 1 N–H and O–H groups in total. The maximum absolute atomic E-state index is 11.0. The van der Waals surface area contributed by atoms with Crippen LogP contribution >= 0.6 is 0 Å². The van der Waals surface area contributed by atoms with E-state index in [4.69, 9.17) is 4.74 Å². The first kappa shape index (κ1) is 14.9. The Morgan fingerprint density at radius 1 is 1.45 bits per heavy atom. The fourth-order valence-electron chi connectivity index (χ4n) is 2.63. The molecule has 1 aromatic carbocycles. The highest BCUT2D eigenvalue weighted by atomic mass is 16.6. The van der Waals surface area contributed by atoms with Crippen LogP contribution in [0.5, 0.6) is 0 Å². The third-order valence-corrected chi connectivity index (χ3v) is 3.79. The molecule has 0 spiro atoms. The maximum atomic E-state index is 11.0. The van der Waals surface area contributed by atoms with Crippen molar-refractivity contribution in [2.75, 3.05) is 13.2 Å². The summed E-state index contributed by atoms with van der Waals surface area (Å²) in [5.74, 6) is 0. The Hall–Kier alpha value is -1.46. The molecule has 110 valence electrons. The monoisotopic (exact) mass is 278 g/mol. The quantitative estimate of drug-likeness (QED) is 0.641. The van der Waals surface area contributed by atoms with Crippen LogP contribution in [0.15, 0.2) is 24.3 Å². The Kier molecular flexibility index (Phi) is 5.49. The average molecular weight is 278 g/mol. The van der Waals surface area contributed by atoms with Crippen molar-refractivity contribution >= 4 is 5.69 Å². The molecule has 0 amide bonds. The molecule has 1 aliphatic rings. The van der Waals surface area contributed by atoms with Gasteiger partial charge in [0, 0.05) is 24.3 Å². The molecule has 0 radical (unpaired) electrons. The minimum absolute atomic E-state index is 0.0276. The number of benzene rings is 1. The van der Waals surface area contributed by atoms with Crippen LogP contribution in [0.3, 0.4) is 0 Å². The van der Waals surface area contributed by atoms with E-state index in [1.807, 2.05) is 19.1 Å². The van der Waals surface area contributed by atoms with Crippen molar-refractivity contribution in [1.29, 1.82) is 0 Å². The number of nitrogens with zero attached hydrogens (tertiary/aromatic N) is 1. The van der Waals surface area contributed by atoms with E-state index in [1.54, 1.807) is 12.1 Å². The smallest absolute Gasteiger partial charge is 0.274 e. The molecule has 2 atom stereocenters. The molecule has 1 aliphatic heterocycles. The van der Waals surface area contributed by atoms with Gasteiger partial charge in [-0.15, -0.1) is 0 Å². The number of rotatable bonds is 6. The van der Waals surface area contributed by atoms with Crippen molar-refractivity contribution in [2.45, 2.75) is 44.8 Å². The highest BCUT2D eigenvalue weighted by molar-refractivity contribution is 5.41. The number of hydrogen-bond donors (Lipinski definition) is 1. The number of para-hydroxylation sites is 1. The zero-order valence-corrected chi connectivity index (χ0v) is 11.9. The number of nitro groups is 1. The molecule has 1 saturated heterocycles. The van der Waals surface area contributed by atoms with Gasteiger partial charge < -0.3 is 10.1 Å². The zero-order chi connectivity index (χ0) is 14.4. The summed E-state index contributed by atoms with van der Waals surface area (Å²) in [6, 6.07) is 6.87. The minimum atomic E-state index is -0.322. The number of ether oxygens (including phenoxy) is 1. The van der Waals surface area contributed by atoms with Crippen LogP contribution in [-0.4, -0.2) is 24.2 Å². The van der Waals surface area contributed by atoms with Gasteiger partial charge >= 0.3 is 0 Å². The first-order chi connectivity index (χ1) is 9.68. The summed E-state index contributed by atoms with van der Waals surface area (Å²) in [5, 5.41) is 14.4. The van der Waals surface area contributed by atoms with E-state index in [9.17, 15) is 10.1 Å². The molecule has 1 heterocycles. The molecule has 1 aromatic rings. The fraction of sp³-hybridized carbons (Fsp3) is 0.600. The molecular weight excluding hydrogens is 256 g/mol.